The average molecular weight is 529 g/mol. The van der Waals surface area contributed by atoms with Crippen molar-refractivity contribution in [1.29, 1.82) is 0 Å². The molecule has 0 radical (unpaired) electrons. The van der Waals surface area contributed by atoms with Gasteiger partial charge in [-0.15, -0.1) is 0 Å². The van der Waals surface area contributed by atoms with Gasteiger partial charge < -0.3 is 19.5 Å². The molecule has 13 heteroatoms. The monoisotopic (exact) mass is 528 g/mol. The second-order valence-electron chi connectivity index (χ2n) is 7.59. The van der Waals surface area contributed by atoms with Crippen molar-refractivity contribution in [3.8, 4) is 11.4 Å². The second-order valence-corrected chi connectivity index (χ2v) is 8.47. The number of rotatable bonds is 5. The van der Waals surface area contributed by atoms with Gasteiger partial charge in [0.2, 0.25) is 5.82 Å². The zero-order valence-electron chi connectivity index (χ0n) is 17.8. The highest BCUT2D eigenvalue weighted by Crippen LogP contribution is 2.29. The smallest absolute Gasteiger partial charge is 0.377 e. The number of hydrogen-bond acceptors (Lipinski definition) is 6. The summed E-state index contributed by atoms with van der Waals surface area (Å²) in [4.78, 5) is 30.5. The Bertz CT molecular complexity index is 1210. The molecule has 2 aromatic carbocycles. The lowest BCUT2D eigenvalue weighted by Crippen LogP contribution is -2.53. The van der Waals surface area contributed by atoms with E-state index < -0.39 is 24.0 Å². The van der Waals surface area contributed by atoms with E-state index in [9.17, 15) is 22.8 Å². The number of ether oxygens (including phenoxy) is 1. The summed E-state index contributed by atoms with van der Waals surface area (Å²) in [7, 11) is 0. The Morgan fingerprint density at radius 3 is 2.40 bits per heavy atom. The normalized spacial score (nSPS) is 16.3. The first-order valence-electron chi connectivity index (χ1n) is 10.3. The van der Waals surface area contributed by atoms with Gasteiger partial charge in [0, 0.05) is 39.8 Å². The molecular formula is C22H17Cl2F3N4O4. The summed E-state index contributed by atoms with van der Waals surface area (Å²) >= 11 is 12.0. The second kappa shape index (κ2) is 10.2. The lowest BCUT2D eigenvalue weighted by atomic mass is 10.1. The minimum atomic E-state index is -4.75. The predicted molar refractivity (Wildman–Crippen MR) is 119 cm³/mol. The van der Waals surface area contributed by atoms with Crippen LogP contribution < -0.4 is 5.32 Å². The quantitative estimate of drug-likeness (QED) is 0.529. The van der Waals surface area contributed by atoms with Crippen LogP contribution in [-0.4, -0.2) is 59.2 Å². The number of nitrogens with zero attached hydrogens (tertiary/aromatic N) is 3. The van der Waals surface area contributed by atoms with Crippen LogP contribution in [0.1, 0.15) is 26.6 Å². The lowest BCUT2D eigenvalue weighted by molar-refractivity contribution is -0.159. The van der Waals surface area contributed by atoms with Crippen LogP contribution in [0.15, 0.2) is 47.0 Å². The molecule has 8 nitrogen and oxygen atoms in total. The number of amides is 2. The van der Waals surface area contributed by atoms with E-state index in [4.69, 9.17) is 27.9 Å². The van der Waals surface area contributed by atoms with E-state index in [1.54, 1.807) is 4.90 Å². The van der Waals surface area contributed by atoms with Crippen molar-refractivity contribution in [2.45, 2.75) is 12.2 Å². The molecule has 1 fully saturated rings. The van der Waals surface area contributed by atoms with Crippen LogP contribution >= 0.6 is 23.2 Å². The molecule has 0 spiro atoms. The molecule has 35 heavy (non-hydrogen) atoms. The van der Waals surface area contributed by atoms with Crippen molar-refractivity contribution in [3.63, 3.8) is 0 Å². The van der Waals surface area contributed by atoms with Crippen LogP contribution in [-0.2, 0) is 10.9 Å². The van der Waals surface area contributed by atoms with Gasteiger partial charge in [-0.25, -0.2) is 0 Å². The number of carbonyl (C=O) groups is 2. The van der Waals surface area contributed by atoms with Crippen LogP contribution in [0.25, 0.3) is 11.4 Å². The first-order valence-corrected chi connectivity index (χ1v) is 11.0. The minimum Gasteiger partial charge on any atom is -0.377 e. The number of morpholine rings is 1. The van der Waals surface area contributed by atoms with Gasteiger partial charge in [0.25, 0.3) is 11.8 Å². The molecule has 2 heterocycles. The van der Waals surface area contributed by atoms with Gasteiger partial charge in [-0.2, -0.15) is 18.2 Å². The van der Waals surface area contributed by atoms with Crippen molar-refractivity contribution in [3.05, 3.63) is 69.5 Å². The Hall–Kier alpha value is -3.15. The zero-order valence-corrected chi connectivity index (χ0v) is 19.3. The topological polar surface area (TPSA) is 97.6 Å². The molecule has 1 aromatic heterocycles. The summed E-state index contributed by atoms with van der Waals surface area (Å²) < 4.78 is 47.6. The van der Waals surface area contributed by atoms with Crippen LogP contribution in [0.2, 0.25) is 10.0 Å². The molecule has 0 aliphatic carbocycles. The Kier molecular flexibility index (Phi) is 7.29. The van der Waals surface area contributed by atoms with E-state index in [-0.39, 0.29) is 36.0 Å². The van der Waals surface area contributed by atoms with Crippen molar-refractivity contribution in [2.24, 2.45) is 0 Å². The number of carbonyl (C=O) groups excluding carboxylic acids is 2. The van der Waals surface area contributed by atoms with E-state index in [0.717, 1.165) is 0 Å². The lowest BCUT2D eigenvalue weighted by Gasteiger charge is -2.35. The molecule has 0 unspecified atom stereocenters. The maximum atomic E-state index is 13.0. The number of benzene rings is 2. The average Bonchev–Trinajstić information content (AvgIpc) is 3.33. The van der Waals surface area contributed by atoms with Crippen molar-refractivity contribution in [1.82, 2.24) is 20.4 Å². The van der Waals surface area contributed by atoms with Crippen molar-refractivity contribution >= 4 is 35.0 Å². The van der Waals surface area contributed by atoms with Gasteiger partial charge >= 0.3 is 12.1 Å². The first-order chi connectivity index (χ1) is 16.6. The van der Waals surface area contributed by atoms with Crippen LogP contribution in [0.5, 0.6) is 0 Å². The fourth-order valence-electron chi connectivity index (χ4n) is 3.47. The summed E-state index contributed by atoms with van der Waals surface area (Å²) in [5, 5.41) is 6.72. The SMILES string of the molecule is O=C(NC[C@@H]1COCCN1C(=O)c1cc(Cl)cc(Cl)c1)c1ccc(-c2noc(C(F)(F)F)n2)cc1. The standard InChI is InChI=1S/C22H17Cl2F3N4O4/c23-15-7-14(8-16(24)9-15)20(33)31-5-6-34-11-17(31)10-28-19(32)13-3-1-12(2-4-13)18-29-21(35-30-18)22(25,26)27/h1-4,7-9,17H,5-6,10-11H2,(H,28,32)/t17-/m1/s1. The maximum absolute atomic E-state index is 13.0. The Morgan fingerprint density at radius 2 is 1.77 bits per heavy atom. The van der Waals surface area contributed by atoms with Crippen LogP contribution in [0.3, 0.4) is 0 Å². The molecule has 2 amide bonds. The molecule has 3 aromatic rings. The molecule has 0 saturated carbocycles. The summed E-state index contributed by atoms with van der Waals surface area (Å²) in [6.07, 6.45) is -4.75. The van der Waals surface area contributed by atoms with E-state index in [1.807, 2.05) is 0 Å². The minimum absolute atomic E-state index is 0.112. The molecule has 0 bridgehead atoms. The number of aromatic nitrogens is 2. The molecule has 1 saturated heterocycles. The fourth-order valence-corrected chi connectivity index (χ4v) is 4.00. The number of nitrogens with one attached hydrogen (secondary N) is 1. The van der Waals surface area contributed by atoms with Gasteiger partial charge in [0.15, 0.2) is 0 Å². The largest absolute Gasteiger partial charge is 0.471 e. The third kappa shape index (κ3) is 5.92. The Labute approximate surface area is 206 Å². The third-order valence-electron chi connectivity index (χ3n) is 5.17. The van der Waals surface area contributed by atoms with E-state index in [1.165, 1.54) is 42.5 Å². The fraction of sp³-hybridized carbons (Fsp3) is 0.273. The Morgan fingerprint density at radius 1 is 1.09 bits per heavy atom. The summed E-state index contributed by atoms with van der Waals surface area (Å²) in [6.45, 7) is 1.000. The molecule has 1 aliphatic heterocycles. The molecular weight excluding hydrogens is 512 g/mol. The molecule has 4 rings (SSSR count). The maximum Gasteiger partial charge on any atom is 0.471 e. The predicted octanol–water partition coefficient (Wildman–Crippen LogP) is 4.33. The van der Waals surface area contributed by atoms with Crippen LogP contribution in [0.4, 0.5) is 13.2 Å². The van der Waals surface area contributed by atoms with E-state index in [2.05, 4.69) is 20.0 Å². The highest BCUT2D eigenvalue weighted by molar-refractivity contribution is 6.35. The molecule has 1 N–H and O–H groups in total. The van der Waals surface area contributed by atoms with Gasteiger partial charge in [-0.05, 0) is 30.3 Å². The van der Waals surface area contributed by atoms with Gasteiger partial charge in [0.1, 0.15) is 0 Å². The number of halogens is 5. The Balaban J connectivity index is 1.40. The van der Waals surface area contributed by atoms with E-state index in [0.29, 0.717) is 28.8 Å². The first kappa shape index (κ1) is 25.0. The summed E-state index contributed by atoms with van der Waals surface area (Å²) in [6, 6.07) is 9.77. The zero-order chi connectivity index (χ0) is 25.2. The van der Waals surface area contributed by atoms with Crippen molar-refractivity contribution in [2.75, 3.05) is 26.3 Å². The highest BCUT2D eigenvalue weighted by Gasteiger charge is 2.38. The van der Waals surface area contributed by atoms with Crippen LogP contribution in [0, 0.1) is 0 Å². The van der Waals surface area contributed by atoms with Gasteiger partial charge in [-0.1, -0.05) is 40.5 Å². The van der Waals surface area contributed by atoms with E-state index >= 15 is 0 Å². The molecule has 1 aliphatic rings. The highest BCUT2D eigenvalue weighted by atomic mass is 35.5. The van der Waals surface area contributed by atoms with Crippen molar-refractivity contribution < 1.29 is 32.0 Å². The number of alkyl halides is 3. The third-order valence-corrected chi connectivity index (χ3v) is 5.61. The number of hydrogen-bond donors (Lipinski definition) is 1. The summed E-state index contributed by atoms with van der Waals surface area (Å²) in [5.74, 6) is -2.44. The summed E-state index contributed by atoms with van der Waals surface area (Å²) in [5.41, 5.74) is 0.828. The van der Waals surface area contributed by atoms with Gasteiger partial charge in [-0.3, -0.25) is 9.59 Å². The van der Waals surface area contributed by atoms with Gasteiger partial charge in [0.05, 0.1) is 19.3 Å². The molecule has 184 valence electrons. The molecule has 1 atom stereocenters.